The molecule has 3 aliphatic rings. The molecule has 35 heavy (non-hydrogen) atoms. The average molecular weight is 502 g/mol. The van der Waals surface area contributed by atoms with Crippen molar-refractivity contribution in [1.82, 2.24) is 15.0 Å². The van der Waals surface area contributed by atoms with Gasteiger partial charge in [0.05, 0.1) is 13.0 Å². The van der Waals surface area contributed by atoms with Gasteiger partial charge in [-0.3, -0.25) is 4.79 Å². The van der Waals surface area contributed by atoms with Gasteiger partial charge in [0, 0.05) is 42.7 Å². The number of likely N-dealkylation sites (tertiary alicyclic amines) is 1. The number of amides is 1. The lowest BCUT2D eigenvalue weighted by Gasteiger charge is -2.34. The molecule has 2 saturated heterocycles. The number of ether oxygens (including phenoxy) is 1. The van der Waals surface area contributed by atoms with Crippen LogP contribution in [0.2, 0.25) is 5.02 Å². The van der Waals surface area contributed by atoms with Crippen molar-refractivity contribution in [2.75, 3.05) is 37.7 Å². The van der Waals surface area contributed by atoms with Crippen molar-refractivity contribution in [3.8, 4) is 5.75 Å². The third-order valence-electron chi connectivity index (χ3n) is 7.98. The summed E-state index contributed by atoms with van der Waals surface area (Å²) in [6.45, 7) is 8.27. The summed E-state index contributed by atoms with van der Waals surface area (Å²) in [5, 5.41) is 4.67. The highest BCUT2D eigenvalue weighted by atomic mass is 35.5. The van der Waals surface area contributed by atoms with Crippen LogP contribution in [-0.4, -0.2) is 59.3 Å². The maximum Gasteiger partial charge on any atom is 0.324 e. The Balaban J connectivity index is 1.05. The first-order chi connectivity index (χ1) is 16.8. The lowest BCUT2D eigenvalue weighted by molar-refractivity contribution is -0.133. The summed E-state index contributed by atoms with van der Waals surface area (Å²) in [5.74, 6) is 2.90. The minimum atomic E-state index is -0.0912. The van der Waals surface area contributed by atoms with Gasteiger partial charge in [0.2, 0.25) is 5.91 Å². The van der Waals surface area contributed by atoms with E-state index in [1.54, 1.807) is 0 Å². The smallest absolute Gasteiger partial charge is 0.324 e. The van der Waals surface area contributed by atoms with E-state index in [2.05, 4.69) is 28.9 Å². The van der Waals surface area contributed by atoms with E-state index in [0.717, 1.165) is 75.4 Å². The van der Waals surface area contributed by atoms with Crippen LogP contribution in [0.4, 0.5) is 6.01 Å². The van der Waals surface area contributed by atoms with E-state index in [4.69, 9.17) is 26.6 Å². The molecule has 2 N–H and O–H groups in total. The summed E-state index contributed by atoms with van der Waals surface area (Å²) in [4.78, 5) is 20.8. The number of anilines is 1. The third-order valence-corrected chi connectivity index (χ3v) is 8.33. The number of piperidine rings is 1. The third kappa shape index (κ3) is 5.28. The van der Waals surface area contributed by atoms with E-state index in [0.29, 0.717) is 35.9 Å². The zero-order chi connectivity index (χ0) is 24.6. The molecule has 1 saturated carbocycles. The van der Waals surface area contributed by atoms with Crippen LogP contribution in [0.25, 0.3) is 0 Å². The summed E-state index contributed by atoms with van der Waals surface area (Å²) in [6, 6.07) is 6.26. The van der Waals surface area contributed by atoms with Crippen LogP contribution < -0.4 is 15.4 Å². The number of halogens is 1. The molecule has 2 aliphatic heterocycles. The number of aromatic nitrogens is 2. The number of carbonyl (C=O) groups is 1. The van der Waals surface area contributed by atoms with Gasteiger partial charge in [0.1, 0.15) is 5.75 Å². The van der Waals surface area contributed by atoms with E-state index in [1.165, 1.54) is 0 Å². The van der Waals surface area contributed by atoms with Crippen LogP contribution in [0.3, 0.4) is 0 Å². The van der Waals surface area contributed by atoms with Gasteiger partial charge >= 0.3 is 6.01 Å². The van der Waals surface area contributed by atoms with Crippen molar-refractivity contribution in [3.63, 3.8) is 0 Å². The largest absolute Gasteiger partial charge is 0.494 e. The maximum absolute atomic E-state index is 12.2. The summed E-state index contributed by atoms with van der Waals surface area (Å²) in [5.41, 5.74) is 7.58. The van der Waals surface area contributed by atoms with Crippen molar-refractivity contribution >= 4 is 23.5 Å². The zero-order valence-corrected chi connectivity index (χ0v) is 21.5. The van der Waals surface area contributed by atoms with Gasteiger partial charge in [-0.05, 0) is 61.6 Å². The van der Waals surface area contributed by atoms with Crippen LogP contribution >= 0.6 is 11.6 Å². The Hall–Kier alpha value is -2.32. The number of nitrogens with two attached hydrogens (primary N) is 1. The highest BCUT2D eigenvalue weighted by Gasteiger charge is 2.55. The molecule has 0 bridgehead atoms. The van der Waals surface area contributed by atoms with Crippen molar-refractivity contribution in [1.29, 1.82) is 0 Å². The highest BCUT2D eigenvalue weighted by Crippen LogP contribution is 2.52. The number of hydrogen-bond donors (Lipinski definition) is 1. The molecule has 0 unspecified atom stereocenters. The van der Waals surface area contributed by atoms with Gasteiger partial charge in [-0.15, -0.1) is 0 Å². The number of hydrogen-bond acceptors (Lipinski definition) is 7. The molecule has 5 rings (SSSR count). The Morgan fingerprint density at radius 2 is 2.06 bits per heavy atom. The standard InChI is InChI=1S/C26H36ClN5O3/c1-17(2)24-29-25(35-30-24)32-11-6-19(7-12-32)26(28)16-20(26)8-13-34-21-5-4-18(22(27)15-21)14-23(33)31-9-3-10-31/h4-5,15,17,19-20H,3,6-14,16,28H2,1-2H3/t20-,26+/m1/s1. The minimum absolute atomic E-state index is 0.0912. The van der Waals surface area contributed by atoms with Gasteiger partial charge in [0.15, 0.2) is 5.82 Å². The predicted molar refractivity (Wildman–Crippen MR) is 135 cm³/mol. The Labute approximate surface area is 212 Å². The maximum atomic E-state index is 12.2. The monoisotopic (exact) mass is 501 g/mol. The van der Waals surface area contributed by atoms with Gasteiger partial charge < -0.3 is 24.8 Å². The molecule has 9 heteroatoms. The SMILES string of the molecule is CC(C)c1noc(N2CCC([C@@]3(N)C[C@H]3CCOc3ccc(CC(=O)N4CCC4)c(Cl)c3)CC2)n1. The number of rotatable bonds is 9. The molecule has 3 heterocycles. The fourth-order valence-electron chi connectivity index (χ4n) is 5.36. The van der Waals surface area contributed by atoms with Gasteiger partial charge in [-0.2, -0.15) is 4.98 Å². The number of nitrogens with zero attached hydrogens (tertiary/aromatic N) is 4. The molecule has 8 nitrogen and oxygen atoms in total. The molecular weight excluding hydrogens is 466 g/mol. The predicted octanol–water partition coefficient (Wildman–Crippen LogP) is 4.02. The molecule has 3 fully saturated rings. The molecule has 1 amide bonds. The molecule has 0 spiro atoms. The first kappa shape index (κ1) is 24.4. The highest BCUT2D eigenvalue weighted by molar-refractivity contribution is 6.31. The van der Waals surface area contributed by atoms with Crippen molar-refractivity contribution in [3.05, 3.63) is 34.6 Å². The van der Waals surface area contributed by atoms with Crippen LogP contribution in [0.15, 0.2) is 22.7 Å². The summed E-state index contributed by atoms with van der Waals surface area (Å²) in [7, 11) is 0. The molecule has 2 atom stereocenters. The molecule has 2 aromatic rings. The lowest BCUT2D eigenvalue weighted by atomic mass is 9.86. The minimum Gasteiger partial charge on any atom is -0.494 e. The van der Waals surface area contributed by atoms with E-state index >= 15 is 0 Å². The Bertz CT molecular complexity index is 1050. The van der Waals surface area contributed by atoms with Crippen LogP contribution in [-0.2, 0) is 11.2 Å². The fraction of sp³-hybridized carbons (Fsp3) is 0.654. The van der Waals surface area contributed by atoms with E-state index in [-0.39, 0.29) is 17.4 Å². The fourth-order valence-corrected chi connectivity index (χ4v) is 5.59. The first-order valence-electron chi connectivity index (χ1n) is 12.9. The van der Waals surface area contributed by atoms with Crippen molar-refractivity contribution in [2.45, 2.75) is 63.8 Å². The van der Waals surface area contributed by atoms with Crippen molar-refractivity contribution in [2.24, 2.45) is 17.6 Å². The van der Waals surface area contributed by atoms with Gasteiger partial charge in [0.25, 0.3) is 0 Å². The van der Waals surface area contributed by atoms with Crippen LogP contribution in [0, 0.1) is 11.8 Å². The molecule has 190 valence electrons. The Morgan fingerprint density at radius 3 is 2.69 bits per heavy atom. The summed E-state index contributed by atoms with van der Waals surface area (Å²) < 4.78 is 11.4. The molecule has 0 radical (unpaired) electrons. The molecule has 1 aromatic heterocycles. The number of benzene rings is 1. The van der Waals surface area contributed by atoms with Crippen LogP contribution in [0.5, 0.6) is 5.75 Å². The second kappa shape index (κ2) is 9.97. The van der Waals surface area contributed by atoms with E-state index in [1.807, 2.05) is 23.1 Å². The van der Waals surface area contributed by atoms with Crippen molar-refractivity contribution < 1.29 is 14.1 Å². The quantitative estimate of drug-likeness (QED) is 0.554. The first-order valence-corrected chi connectivity index (χ1v) is 13.3. The average Bonchev–Trinajstić information content (AvgIpc) is 3.22. The van der Waals surface area contributed by atoms with Gasteiger partial charge in [-0.1, -0.05) is 36.7 Å². The number of carbonyl (C=O) groups excluding carboxylic acids is 1. The second-order valence-electron chi connectivity index (χ2n) is 10.7. The Morgan fingerprint density at radius 1 is 1.29 bits per heavy atom. The molecule has 1 aliphatic carbocycles. The zero-order valence-electron chi connectivity index (χ0n) is 20.7. The van der Waals surface area contributed by atoms with Gasteiger partial charge in [-0.25, -0.2) is 0 Å². The Kier molecular flexibility index (Phi) is 6.95. The van der Waals surface area contributed by atoms with Crippen LogP contribution in [0.1, 0.15) is 63.3 Å². The van der Waals surface area contributed by atoms with E-state index in [9.17, 15) is 4.79 Å². The second-order valence-corrected chi connectivity index (χ2v) is 11.1. The topological polar surface area (TPSA) is 97.7 Å². The summed E-state index contributed by atoms with van der Waals surface area (Å²) in [6.07, 6.45) is 5.51. The normalized spacial score (nSPS) is 24.5. The molecule has 1 aromatic carbocycles. The molecular formula is C26H36ClN5O3. The van der Waals surface area contributed by atoms with E-state index < -0.39 is 0 Å². The summed E-state index contributed by atoms with van der Waals surface area (Å²) >= 11 is 6.42. The lowest BCUT2D eigenvalue weighted by Crippen LogP contribution is -2.44.